The van der Waals surface area contributed by atoms with Crippen LogP contribution in [0.4, 0.5) is 5.69 Å². The molecule has 1 N–H and O–H groups in total. The van der Waals surface area contributed by atoms with E-state index in [4.69, 9.17) is 11.6 Å². The van der Waals surface area contributed by atoms with Crippen molar-refractivity contribution in [3.05, 3.63) is 28.8 Å². The zero-order valence-corrected chi connectivity index (χ0v) is 11.2. The minimum atomic E-state index is 0.329. The molecular weight excluding hydrogens is 230 g/mol. The lowest BCUT2D eigenvalue weighted by Crippen LogP contribution is -2.44. The molecule has 1 saturated carbocycles. The summed E-state index contributed by atoms with van der Waals surface area (Å²) in [4.78, 5) is 0. The minimum absolute atomic E-state index is 0.329. The Morgan fingerprint density at radius 1 is 1.24 bits per heavy atom. The molecule has 1 nitrogen and oxygen atoms in total. The van der Waals surface area contributed by atoms with Gasteiger partial charge < -0.3 is 5.32 Å². The van der Waals surface area contributed by atoms with Crippen molar-refractivity contribution in [2.24, 2.45) is 0 Å². The summed E-state index contributed by atoms with van der Waals surface area (Å²) in [6, 6.07) is 6.29. The van der Waals surface area contributed by atoms with Crippen molar-refractivity contribution in [3.8, 4) is 0 Å². The number of fused-ring (bicyclic) bond motifs is 1. The summed E-state index contributed by atoms with van der Waals surface area (Å²) in [5, 5.41) is 4.67. The molecule has 0 bridgehead atoms. The van der Waals surface area contributed by atoms with Crippen LogP contribution < -0.4 is 5.32 Å². The maximum atomic E-state index is 6.35. The van der Waals surface area contributed by atoms with Crippen molar-refractivity contribution < 1.29 is 0 Å². The second kappa shape index (κ2) is 4.20. The smallest absolute Gasteiger partial charge is 0.0640 e. The predicted octanol–water partition coefficient (Wildman–Crippen LogP) is 4.96. The number of rotatable bonds is 0. The Bertz CT molecular complexity index is 421. The van der Waals surface area contributed by atoms with Gasteiger partial charge in [-0.1, -0.05) is 49.9 Å². The highest BCUT2D eigenvalue weighted by Crippen LogP contribution is 2.47. The van der Waals surface area contributed by atoms with Gasteiger partial charge in [0.15, 0.2) is 0 Å². The van der Waals surface area contributed by atoms with Crippen LogP contribution in [0.2, 0.25) is 5.02 Å². The Morgan fingerprint density at radius 2 is 2.00 bits per heavy atom. The molecule has 0 radical (unpaired) electrons. The van der Waals surface area contributed by atoms with Gasteiger partial charge in [0.2, 0.25) is 0 Å². The fourth-order valence-electron chi connectivity index (χ4n) is 3.65. The molecule has 1 spiro atoms. The van der Waals surface area contributed by atoms with Crippen molar-refractivity contribution in [2.45, 2.75) is 56.9 Å². The quantitative estimate of drug-likeness (QED) is 0.685. The van der Waals surface area contributed by atoms with Crippen molar-refractivity contribution >= 4 is 17.3 Å². The predicted molar refractivity (Wildman–Crippen MR) is 73.9 cm³/mol. The summed E-state index contributed by atoms with van der Waals surface area (Å²) in [6.45, 7) is 2.34. The molecule has 17 heavy (non-hydrogen) atoms. The van der Waals surface area contributed by atoms with Crippen LogP contribution in [0.15, 0.2) is 18.2 Å². The van der Waals surface area contributed by atoms with E-state index in [1.54, 1.807) is 0 Å². The molecule has 1 aliphatic carbocycles. The largest absolute Gasteiger partial charge is 0.378 e. The molecule has 1 atom stereocenters. The Balaban J connectivity index is 1.99. The second-order valence-electron chi connectivity index (χ2n) is 5.78. The Kier molecular flexibility index (Phi) is 2.82. The lowest BCUT2D eigenvalue weighted by Gasteiger charge is -2.45. The molecule has 1 unspecified atom stereocenters. The number of anilines is 1. The van der Waals surface area contributed by atoms with Crippen LogP contribution in [-0.2, 0) is 0 Å². The first-order valence-electron chi connectivity index (χ1n) is 6.77. The molecule has 1 aliphatic heterocycles. The van der Waals surface area contributed by atoms with E-state index in [1.807, 2.05) is 6.07 Å². The van der Waals surface area contributed by atoms with Crippen molar-refractivity contribution in [1.82, 2.24) is 0 Å². The monoisotopic (exact) mass is 249 g/mol. The average Bonchev–Trinajstić information content (AvgIpc) is 2.32. The van der Waals surface area contributed by atoms with Crippen LogP contribution in [0.1, 0.15) is 56.9 Å². The van der Waals surface area contributed by atoms with E-state index in [9.17, 15) is 0 Å². The lowest BCUT2D eigenvalue weighted by molar-refractivity contribution is 0.282. The number of hydrogen-bond acceptors (Lipinski definition) is 1. The number of halogens is 1. The maximum Gasteiger partial charge on any atom is 0.0640 e. The van der Waals surface area contributed by atoms with Gasteiger partial charge >= 0.3 is 0 Å². The summed E-state index contributed by atoms with van der Waals surface area (Å²) in [5.41, 5.74) is 2.93. The van der Waals surface area contributed by atoms with Gasteiger partial charge in [-0.25, -0.2) is 0 Å². The van der Waals surface area contributed by atoms with Crippen LogP contribution in [0.25, 0.3) is 0 Å². The third-order valence-corrected chi connectivity index (χ3v) is 4.79. The summed E-state index contributed by atoms with van der Waals surface area (Å²) < 4.78 is 0. The standard InChI is InChI=1S/C15H20ClN/c1-11-10-15(8-3-2-4-9-15)17-14-12(11)6-5-7-13(14)16/h5-7,11,17H,2-4,8-10H2,1H3. The van der Waals surface area contributed by atoms with E-state index in [2.05, 4.69) is 24.4 Å². The van der Waals surface area contributed by atoms with Crippen LogP contribution >= 0.6 is 11.6 Å². The van der Waals surface area contributed by atoms with Gasteiger partial charge in [-0.05, 0) is 36.8 Å². The van der Waals surface area contributed by atoms with Gasteiger partial charge in [0.1, 0.15) is 0 Å². The highest BCUT2D eigenvalue weighted by Gasteiger charge is 2.38. The van der Waals surface area contributed by atoms with E-state index in [-0.39, 0.29) is 0 Å². The highest BCUT2D eigenvalue weighted by atomic mass is 35.5. The molecule has 1 fully saturated rings. The molecule has 1 aromatic rings. The van der Waals surface area contributed by atoms with Crippen LogP contribution in [0, 0.1) is 0 Å². The van der Waals surface area contributed by atoms with E-state index in [0.29, 0.717) is 11.5 Å². The summed E-state index contributed by atoms with van der Waals surface area (Å²) in [5.74, 6) is 0.628. The van der Waals surface area contributed by atoms with Crippen molar-refractivity contribution in [2.75, 3.05) is 5.32 Å². The van der Waals surface area contributed by atoms with Gasteiger partial charge in [-0.2, -0.15) is 0 Å². The average molecular weight is 250 g/mol. The fraction of sp³-hybridized carbons (Fsp3) is 0.600. The van der Waals surface area contributed by atoms with Crippen molar-refractivity contribution in [3.63, 3.8) is 0 Å². The summed E-state index contributed by atoms with van der Waals surface area (Å²) in [6.07, 6.45) is 8.00. The topological polar surface area (TPSA) is 12.0 Å². The normalized spacial score (nSPS) is 26.4. The van der Waals surface area contributed by atoms with Gasteiger partial charge in [0, 0.05) is 5.54 Å². The minimum Gasteiger partial charge on any atom is -0.378 e. The Morgan fingerprint density at radius 3 is 2.76 bits per heavy atom. The first kappa shape index (κ1) is 11.4. The third kappa shape index (κ3) is 1.95. The molecule has 1 aromatic carbocycles. The van der Waals surface area contributed by atoms with Crippen molar-refractivity contribution in [1.29, 1.82) is 0 Å². The number of para-hydroxylation sites is 1. The number of hydrogen-bond donors (Lipinski definition) is 1. The molecular formula is C15H20ClN. The highest BCUT2D eigenvalue weighted by molar-refractivity contribution is 6.33. The van der Waals surface area contributed by atoms with Gasteiger partial charge in [0.05, 0.1) is 10.7 Å². The van der Waals surface area contributed by atoms with Crippen LogP contribution in [-0.4, -0.2) is 5.54 Å². The van der Waals surface area contributed by atoms with Gasteiger partial charge in [-0.15, -0.1) is 0 Å². The van der Waals surface area contributed by atoms with E-state index in [1.165, 1.54) is 49.8 Å². The first-order chi connectivity index (χ1) is 8.20. The summed E-state index contributed by atoms with van der Waals surface area (Å²) in [7, 11) is 0. The van der Waals surface area contributed by atoms with E-state index >= 15 is 0 Å². The van der Waals surface area contributed by atoms with Gasteiger partial charge in [0.25, 0.3) is 0 Å². The number of nitrogens with one attached hydrogen (secondary N) is 1. The first-order valence-corrected chi connectivity index (χ1v) is 7.15. The van der Waals surface area contributed by atoms with Crippen LogP contribution in [0.3, 0.4) is 0 Å². The van der Waals surface area contributed by atoms with Crippen LogP contribution in [0.5, 0.6) is 0 Å². The summed E-state index contributed by atoms with van der Waals surface area (Å²) >= 11 is 6.35. The Labute approximate surface area is 109 Å². The molecule has 3 rings (SSSR count). The second-order valence-corrected chi connectivity index (χ2v) is 6.18. The molecule has 1 heterocycles. The van der Waals surface area contributed by atoms with E-state index < -0.39 is 0 Å². The molecule has 2 aliphatic rings. The molecule has 0 aromatic heterocycles. The number of benzene rings is 1. The zero-order chi connectivity index (χ0) is 11.9. The molecule has 92 valence electrons. The maximum absolute atomic E-state index is 6.35. The Hall–Kier alpha value is -0.690. The zero-order valence-electron chi connectivity index (χ0n) is 10.4. The third-order valence-electron chi connectivity index (χ3n) is 4.47. The van der Waals surface area contributed by atoms with E-state index in [0.717, 1.165) is 5.02 Å². The SMILES string of the molecule is CC1CC2(CCCCC2)Nc2c(Cl)cccc21. The molecule has 0 saturated heterocycles. The molecule has 2 heteroatoms. The van der Waals surface area contributed by atoms with Gasteiger partial charge in [-0.3, -0.25) is 0 Å². The molecule has 0 amide bonds. The fourth-order valence-corrected chi connectivity index (χ4v) is 3.88. The lowest BCUT2D eigenvalue weighted by atomic mass is 9.72.